The summed E-state index contributed by atoms with van der Waals surface area (Å²) in [7, 11) is 0. The molecule has 0 aliphatic heterocycles. The maximum absolute atomic E-state index is 6.20. The lowest BCUT2D eigenvalue weighted by Gasteiger charge is -2.20. The van der Waals surface area contributed by atoms with Crippen LogP contribution < -0.4 is 10.1 Å². The summed E-state index contributed by atoms with van der Waals surface area (Å²) >= 11 is 6.20. The number of rotatable bonds is 5. The minimum absolute atomic E-state index is 0.149. The molecule has 0 bridgehead atoms. The Morgan fingerprint density at radius 3 is 2.44 bits per heavy atom. The summed E-state index contributed by atoms with van der Waals surface area (Å²) < 4.78 is 5.61. The van der Waals surface area contributed by atoms with Crippen molar-refractivity contribution in [2.75, 3.05) is 6.54 Å². The van der Waals surface area contributed by atoms with Crippen LogP contribution in [0.3, 0.4) is 0 Å². The Morgan fingerprint density at radius 1 is 1.28 bits per heavy atom. The lowest BCUT2D eigenvalue weighted by molar-refractivity contribution is 0.242. The zero-order valence-electron chi connectivity index (χ0n) is 12.0. The van der Waals surface area contributed by atoms with Crippen molar-refractivity contribution in [2.45, 2.75) is 52.7 Å². The van der Waals surface area contributed by atoms with Gasteiger partial charge in [0.05, 0.1) is 11.1 Å². The third kappa shape index (κ3) is 5.74. The van der Waals surface area contributed by atoms with Crippen molar-refractivity contribution in [1.82, 2.24) is 5.32 Å². The molecule has 0 unspecified atom stereocenters. The quantitative estimate of drug-likeness (QED) is 0.870. The summed E-state index contributed by atoms with van der Waals surface area (Å²) in [6.45, 7) is 11.4. The molecule has 18 heavy (non-hydrogen) atoms. The Balaban J connectivity index is 2.56. The number of hydrogen-bond acceptors (Lipinski definition) is 2. The van der Waals surface area contributed by atoms with Crippen molar-refractivity contribution in [1.29, 1.82) is 0 Å². The van der Waals surface area contributed by atoms with Crippen molar-refractivity contribution in [3.63, 3.8) is 0 Å². The summed E-state index contributed by atoms with van der Waals surface area (Å²) in [6.07, 6.45) is 1.12. The van der Waals surface area contributed by atoms with E-state index < -0.39 is 0 Å². The van der Waals surface area contributed by atoms with Crippen molar-refractivity contribution in [3.8, 4) is 5.75 Å². The fraction of sp³-hybridized carbons (Fsp3) is 0.600. The van der Waals surface area contributed by atoms with Crippen molar-refractivity contribution in [3.05, 3.63) is 28.8 Å². The summed E-state index contributed by atoms with van der Waals surface area (Å²) in [5.74, 6) is 0.763. The SMILES string of the molecule is CC(C)Oc1ccc(CCNC(C)(C)C)cc1Cl. The molecule has 0 fully saturated rings. The van der Waals surface area contributed by atoms with E-state index in [4.69, 9.17) is 16.3 Å². The van der Waals surface area contributed by atoms with Crippen LogP contribution in [-0.2, 0) is 6.42 Å². The minimum Gasteiger partial charge on any atom is -0.489 e. The Bertz CT molecular complexity index is 383. The van der Waals surface area contributed by atoms with Gasteiger partial charge in [0.25, 0.3) is 0 Å². The van der Waals surface area contributed by atoms with Gasteiger partial charge in [0.15, 0.2) is 0 Å². The summed E-state index contributed by atoms with van der Waals surface area (Å²) in [5, 5.41) is 4.15. The molecule has 0 radical (unpaired) electrons. The molecule has 0 atom stereocenters. The van der Waals surface area contributed by atoms with E-state index in [9.17, 15) is 0 Å². The number of hydrogen-bond donors (Lipinski definition) is 1. The molecule has 0 spiro atoms. The van der Waals surface area contributed by atoms with E-state index in [1.165, 1.54) is 5.56 Å². The monoisotopic (exact) mass is 269 g/mol. The molecule has 0 saturated carbocycles. The Hall–Kier alpha value is -0.730. The van der Waals surface area contributed by atoms with Gasteiger partial charge in [-0.1, -0.05) is 17.7 Å². The van der Waals surface area contributed by atoms with Crippen LogP contribution in [0.15, 0.2) is 18.2 Å². The molecule has 102 valence electrons. The van der Waals surface area contributed by atoms with E-state index in [1.807, 2.05) is 26.0 Å². The predicted octanol–water partition coefficient (Wildman–Crippen LogP) is 4.06. The normalized spacial score (nSPS) is 11.9. The Labute approximate surface area is 116 Å². The zero-order chi connectivity index (χ0) is 13.8. The largest absolute Gasteiger partial charge is 0.489 e. The first-order chi connectivity index (χ1) is 8.28. The van der Waals surface area contributed by atoms with Gasteiger partial charge in [0, 0.05) is 5.54 Å². The molecule has 0 aliphatic rings. The predicted molar refractivity (Wildman–Crippen MR) is 78.7 cm³/mol. The molecule has 1 N–H and O–H groups in total. The van der Waals surface area contributed by atoms with Crippen LogP contribution in [0.2, 0.25) is 5.02 Å². The molecule has 3 heteroatoms. The van der Waals surface area contributed by atoms with Crippen LogP contribution >= 0.6 is 11.6 Å². The standard InChI is InChI=1S/C15H24ClNO/c1-11(2)18-14-7-6-12(10-13(14)16)8-9-17-15(3,4)5/h6-7,10-11,17H,8-9H2,1-5H3. The summed E-state index contributed by atoms with van der Waals surface area (Å²) in [5.41, 5.74) is 1.39. The number of ether oxygens (including phenoxy) is 1. The van der Waals surface area contributed by atoms with E-state index in [2.05, 4.69) is 32.2 Å². The number of nitrogens with one attached hydrogen (secondary N) is 1. The van der Waals surface area contributed by atoms with Crippen molar-refractivity contribution in [2.24, 2.45) is 0 Å². The fourth-order valence-corrected chi connectivity index (χ4v) is 1.88. The highest BCUT2D eigenvalue weighted by Crippen LogP contribution is 2.26. The molecule has 0 aliphatic carbocycles. The minimum atomic E-state index is 0.149. The van der Waals surface area contributed by atoms with E-state index in [1.54, 1.807) is 0 Å². The lowest BCUT2D eigenvalue weighted by Crippen LogP contribution is -2.37. The first-order valence-corrected chi connectivity index (χ1v) is 6.86. The average molecular weight is 270 g/mol. The van der Waals surface area contributed by atoms with Gasteiger partial charge in [-0.25, -0.2) is 0 Å². The molecular formula is C15H24ClNO. The molecule has 1 rings (SSSR count). The fourth-order valence-electron chi connectivity index (χ4n) is 1.63. The van der Waals surface area contributed by atoms with Gasteiger partial charge in [-0.3, -0.25) is 0 Å². The van der Waals surface area contributed by atoms with E-state index >= 15 is 0 Å². The molecule has 0 saturated heterocycles. The highest BCUT2D eigenvalue weighted by molar-refractivity contribution is 6.32. The van der Waals surface area contributed by atoms with Crippen LogP contribution in [0.25, 0.3) is 0 Å². The van der Waals surface area contributed by atoms with Crippen LogP contribution in [0.5, 0.6) is 5.75 Å². The average Bonchev–Trinajstić information content (AvgIpc) is 2.19. The maximum atomic E-state index is 6.20. The molecule has 0 aromatic heterocycles. The van der Waals surface area contributed by atoms with Crippen molar-refractivity contribution < 1.29 is 4.74 Å². The van der Waals surface area contributed by atoms with E-state index in [0.717, 1.165) is 18.7 Å². The number of halogens is 1. The van der Waals surface area contributed by atoms with Gasteiger partial charge in [-0.2, -0.15) is 0 Å². The zero-order valence-corrected chi connectivity index (χ0v) is 12.8. The second-order valence-corrected chi connectivity index (χ2v) is 6.27. The Kier molecular flexibility index (Phi) is 5.48. The second kappa shape index (κ2) is 6.44. The van der Waals surface area contributed by atoms with Crippen LogP contribution in [0.4, 0.5) is 0 Å². The smallest absolute Gasteiger partial charge is 0.138 e. The summed E-state index contributed by atoms with van der Waals surface area (Å²) in [6, 6.07) is 6.02. The van der Waals surface area contributed by atoms with Crippen LogP contribution in [-0.4, -0.2) is 18.2 Å². The molecule has 1 aromatic carbocycles. The highest BCUT2D eigenvalue weighted by Gasteiger charge is 2.09. The number of benzene rings is 1. The second-order valence-electron chi connectivity index (χ2n) is 5.86. The van der Waals surface area contributed by atoms with Gasteiger partial charge in [-0.15, -0.1) is 0 Å². The molecule has 2 nitrogen and oxygen atoms in total. The van der Waals surface area contributed by atoms with Gasteiger partial charge in [0.1, 0.15) is 5.75 Å². The highest BCUT2D eigenvalue weighted by atomic mass is 35.5. The van der Waals surface area contributed by atoms with Gasteiger partial charge in [0.2, 0.25) is 0 Å². The van der Waals surface area contributed by atoms with Crippen LogP contribution in [0.1, 0.15) is 40.2 Å². The first kappa shape index (κ1) is 15.3. The molecule has 0 amide bonds. The molecule has 0 heterocycles. The van der Waals surface area contributed by atoms with Gasteiger partial charge >= 0.3 is 0 Å². The lowest BCUT2D eigenvalue weighted by atomic mass is 10.1. The van der Waals surface area contributed by atoms with Crippen molar-refractivity contribution >= 4 is 11.6 Å². The molecule has 1 aromatic rings. The summed E-state index contributed by atoms with van der Waals surface area (Å²) in [4.78, 5) is 0. The van der Waals surface area contributed by atoms with E-state index in [-0.39, 0.29) is 11.6 Å². The third-order valence-electron chi connectivity index (χ3n) is 2.43. The third-order valence-corrected chi connectivity index (χ3v) is 2.72. The van der Waals surface area contributed by atoms with E-state index in [0.29, 0.717) is 5.02 Å². The van der Waals surface area contributed by atoms with Gasteiger partial charge in [-0.05, 0) is 65.3 Å². The van der Waals surface area contributed by atoms with Crippen LogP contribution in [0, 0.1) is 0 Å². The molecular weight excluding hydrogens is 246 g/mol. The topological polar surface area (TPSA) is 21.3 Å². The maximum Gasteiger partial charge on any atom is 0.138 e. The van der Waals surface area contributed by atoms with Gasteiger partial charge < -0.3 is 10.1 Å². The first-order valence-electron chi connectivity index (χ1n) is 6.48. The Morgan fingerprint density at radius 2 is 1.94 bits per heavy atom.